The van der Waals surface area contributed by atoms with Gasteiger partial charge in [0.15, 0.2) is 6.29 Å². The third kappa shape index (κ3) is 9.27. The van der Waals surface area contributed by atoms with Crippen molar-refractivity contribution in [3.63, 3.8) is 0 Å². The number of aliphatic hydroxyl groups excluding tert-OH is 1. The first-order valence-corrected chi connectivity index (χ1v) is 15.1. The Morgan fingerprint density at radius 3 is 2.15 bits per heavy atom. The number of carbonyl (C=O) groups is 2. The molecule has 1 saturated heterocycles. The summed E-state index contributed by atoms with van der Waals surface area (Å²) in [5.74, 6) is -2.30. The van der Waals surface area contributed by atoms with Crippen LogP contribution in [0.3, 0.4) is 0 Å². The van der Waals surface area contributed by atoms with E-state index >= 15 is 0 Å². The van der Waals surface area contributed by atoms with E-state index in [2.05, 4.69) is 30.1 Å². The molecule has 248 valence electrons. The molecule has 4 rings (SSSR count). The van der Waals surface area contributed by atoms with Gasteiger partial charge < -0.3 is 24.4 Å². The first-order chi connectivity index (χ1) is 22.7. The number of ether oxygens (including phenoxy) is 3. The third-order valence-corrected chi connectivity index (χ3v) is 8.47. The molecule has 0 spiro atoms. The molecule has 2 N–H and O–H groups in total. The van der Waals surface area contributed by atoms with Crippen molar-refractivity contribution in [3.05, 3.63) is 103 Å². The fourth-order valence-corrected chi connectivity index (χ4v) is 6.03. The van der Waals surface area contributed by atoms with Gasteiger partial charge in [-0.3, -0.25) is 9.69 Å². The van der Waals surface area contributed by atoms with Crippen LogP contribution in [-0.2, 0) is 32.2 Å². The summed E-state index contributed by atoms with van der Waals surface area (Å²) in [6, 6.07) is 15.1. The molecule has 17 heteroatoms. The maximum atomic E-state index is 13.5. The van der Waals surface area contributed by atoms with Gasteiger partial charge in [-0.2, -0.15) is 0 Å². The number of aliphatic hydroxyl groups is 1. The quantitative estimate of drug-likeness (QED) is 0.149. The summed E-state index contributed by atoms with van der Waals surface area (Å²) < 4.78 is 18.2. The van der Waals surface area contributed by atoms with Crippen molar-refractivity contribution >= 4 is 12.1 Å². The topological polar surface area (TPSA) is 252 Å². The highest BCUT2D eigenvalue weighted by atomic mass is 16.7. The van der Waals surface area contributed by atoms with Crippen molar-refractivity contribution in [2.24, 2.45) is 21.3 Å². The average Bonchev–Trinajstić information content (AvgIpc) is 3.07. The average molecular weight is 649 g/mol. The van der Waals surface area contributed by atoms with Gasteiger partial charge in [0.1, 0.15) is 6.61 Å². The van der Waals surface area contributed by atoms with Crippen molar-refractivity contribution in [3.8, 4) is 0 Å². The third-order valence-electron chi connectivity index (χ3n) is 8.47. The lowest BCUT2D eigenvalue weighted by Gasteiger charge is -2.45. The minimum atomic E-state index is -1.54. The lowest BCUT2D eigenvalue weighted by atomic mass is 9.76. The molecule has 0 radical (unpaired) electrons. The number of hydrogen-bond acceptors (Lipinski definition) is 9. The van der Waals surface area contributed by atoms with Crippen LogP contribution in [0.25, 0.3) is 31.3 Å². The number of hydrogen-bond donors (Lipinski definition) is 2. The first-order valence-electron chi connectivity index (χ1n) is 15.1. The van der Waals surface area contributed by atoms with E-state index in [0.29, 0.717) is 6.42 Å². The Labute approximate surface area is 269 Å². The largest absolute Gasteiger partial charge is 0.481 e. The monoisotopic (exact) mass is 648 g/mol. The summed E-state index contributed by atoms with van der Waals surface area (Å²) in [5, 5.41) is 31.9. The fourth-order valence-electron chi connectivity index (χ4n) is 6.03. The van der Waals surface area contributed by atoms with Crippen LogP contribution in [0.15, 0.2) is 76.0 Å². The van der Waals surface area contributed by atoms with E-state index in [1.165, 1.54) is 0 Å². The number of rotatable bonds is 13. The lowest BCUT2D eigenvalue weighted by molar-refractivity contribution is -0.256. The molecule has 1 aliphatic heterocycles. The first kappa shape index (κ1) is 34.9. The highest BCUT2D eigenvalue weighted by molar-refractivity contribution is 5.68. The number of carbonyl (C=O) groups excluding carboxylic acids is 1. The number of amides is 1. The van der Waals surface area contributed by atoms with Crippen molar-refractivity contribution in [2.45, 2.75) is 94.5 Å². The van der Waals surface area contributed by atoms with Gasteiger partial charge in [0.2, 0.25) is 0 Å². The van der Waals surface area contributed by atoms with E-state index in [1.54, 1.807) is 11.8 Å². The molecule has 1 aliphatic carbocycles. The zero-order valence-corrected chi connectivity index (χ0v) is 25.6. The van der Waals surface area contributed by atoms with Gasteiger partial charge in [0.05, 0.1) is 42.9 Å². The molecule has 1 heterocycles. The molecule has 9 atom stereocenters. The number of nitrogens with zero attached hydrogens (tertiary/aromatic N) is 10. The maximum Gasteiger partial charge on any atom is 0.410 e. The number of azide groups is 3. The zero-order chi connectivity index (χ0) is 33.8. The van der Waals surface area contributed by atoms with Gasteiger partial charge in [-0.05, 0) is 53.9 Å². The van der Waals surface area contributed by atoms with E-state index in [1.807, 2.05) is 60.7 Å². The predicted octanol–water partition coefficient (Wildman–Crippen LogP) is 6.00. The summed E-state index contributed by atoms with van der Waals surface area (Å²) in [6.07, 6.45) is -5.29. The Bertz CT molecular complexity index is 1500. The Morgan fingerprint density at radius 2 is 1.53 bits per heavy atom. The van der Waals surface area contributed by atoms with Crippen LogP contribution in [-0.4, -0.2) is 75.9 Å². The van der Waals surface area contributed by atoms with E-state index in [-0.39, 0.29) is 26.0 Å². The van der Waals surface area contributed by atoms with Crippen LogP contribution in [0, 0.1) is 5.92 Å². The van der Waals surface area contributed by atoms with Crippen LogP contribution in [0.2, 0.25) is 0 Å². The molecule has 1 amide bonds. The van der Waals surface area contributed by atoms with Crippen molar-refractivity contribution in [1.29, 1.82) is 0 Å². The van der Waals surface area contributed by atoms with Gasteiger partial charge >= 0.3 is 12.1 Å². The van der Waals surface area contributed by atoms with Crippen LogP contribution < -0.4 is 0 Å². The molecule has 0 unspecified atom stereocenters. The summed E-state index contributed by atoms with van der Waals surface area (Å²) >= 11 is 0. The summed E-state index contributed by atoms with van der Waals surface area (Å²) in [6.45, 7) is 2.06. The van der Waals surface area contributed by atoms with Crippen LogP contribution >= 0.6 is 0 Å². The summed E-state index contributed by atoms with van der Waals surface area (Å²) in [5.41, 5.74) is 29.2. The predicted molar refractivity (Wildman–Crippen MR) is 166 cm³/mol. The standard InChI is InChI=1S/C30H36N10O7/c1-18(40(16-19-8-4-2-5-9-19)30(44)45-17-20-10-6-3-7-11-20)25-13-12-22(34-37-31)29(46-25)47-28-24(36-39-33)15-23(35-38-32)21(27(28)43)14-26(41)42/h2-11,18,21-25,27-29,43H,12-17H2,1H3,(H,41,42)/t18-,21+,22-,23-,24+,25+,27+,28-,29-/m1/s1. The van der Waals surface area contributed by atoms with Crippen LogP contribution in [0.4, 0.5) is 4.79 Å². The van der Waals surface area contributed by atoms with Crippen LogP contribution in [0.5, 0.6) is 0 Å². The Balaban J connectivity index is 1.58. The van der Waals surface area contributed by atoms with Gasteiger partial charge in [0, 0.05) is 33.2 Å². The molecule has 17 nitrogen and oxygen atoms in total. The Kier molecular flexibility index (Phi) is 12.7. The van der Waals surface area contributed by atoms with Crippen molar-refractivity contribution in [1.82, 2.24) is 4.90 Å². The maximum absolute atomic E-state index is 13.5. The Morgan fingerprint density at radius 1 is 0.936 bits per heavy atom. The van der Waals surface area contributed by atoms with E-state index < -0.39 is 73.2 Å². The zero-order valence-electron chi connectivity index (χ0n) is 25.6. The number of aliphatic carboxylic acids is 1. The number of carboxylic acid groups (broad SMARTS) is 1. The van der Waals surface area contributed by atoms with E-state index in [9.17, 15) is 30.9 Å². The van der Waals surface area contributed by atoms with Crippen LogP contribution in [0.1, 0.15) is 43.7 Å². The molecule has 2 aliphatic rings. The molecular weight excluding hydrogens is 612 g/mol. The minimum Gasteiger partial charge on any atom is -0.481 e. The lowest BCUT2D eigenvalue weighted by Crippen LogP contribution is -2.57. The highest BCUT2D eigenvalue weighted by Crippen LogP contribution is 2.37. The summed E-state index contributed by atoms with van der Waals surface area (Å²) in [4.78, 5) is 35.2. The minimum absolute atomic E-state index is 0.0582. The fraction of sp³-hybridized carbons (Fsp3) is 0.533. The molecule has 0 aromatic heterocycles. The van der Waals surface area contributed by atoms with Crippen molar-refractivity contribution < 1.29 is 34.0 Å². The molecular formula is C30H36N10O7. The molecule has 0 bridgehead atoms. The summed E-state index contributed by atoms with van der Waals surface area (Å²) in [7, 11) is 0. The Hall–Kier alpha value is -5.01. The van der Waals surface area contributed by atoms with Gasteiger partial charge in [-0.15, -0.1) is 0 Å². The molecule has 2 fully saturated rings. The van der Waals surface area contributed by atoms with Crippen molar-refractivity contribution in [2.75, 3.05) is 0 Å². The van der Waals surface area contributed by atoms with E-state index in [0.717, 1.165) is 11.1 Å². The number of benzene rings is 2. The number of carboxylic acids is 1. The molecule has 1 saturated carbocycles. The molecule has 47 heavy (non-hydrogen) atoms. The second-order valence-corrected chi connectivity index (χ2v) is 11.4. The normalized spacial score (nSPS) is 27.5. The molecule has 2 aromatic carbocycles. The molecule has 2 aromatic rings. The SMILES string of the molecule is C[C@H]([C@@H]1CC[C@@H](N=[N+]=[N-])[C@@H](O[C@H]2[C@@H](O)[C@@H](CC(=O)O)[C@H](N=[N+]=[N-])C[C@@H]2N=[N+]=[N-])O1)N(Cc1ccccc1)C(=O)OCc1ccccc1. The van der Waals surface area contributed by atoms with Gasteiger partial charge in [-0.25, -0.2) is 4.79 Å². The highest BCUT2D eigenvalue weighted by Gasteiger charge is 2.48. The van der Waals surface area contributed by atoms with Gasteiger partial charge in [0.25, 0.3) is 0 Å². The second-order valence-electron chi connectivity index (χ2n) is 11.4. The smallest absolute Gasteiger partial charge is 0.410 e. The van der Waals surface area contributed by atoms with Gasteiger partial charge in [-0.1, -0.05) is 76.0 Å². The second kappa shape index (κ2) is 17.1. The van der Waals surface area contributed by atoms with E-state index in [4.69, 9.17) is 19.7 Å².